The van der Waals surface area contributed by atoms with Crippen LogP contribution in [-0.2, 0) is 0 Å². The summed E-state index contributed by atoms with van der Waals surface area (Å²) >= 11 is 0. The summed E-state index contributed by atoms with van der Waals surface area (Å²) in [6, 6.07) is 5.93. The second-order valence-electron chi connectivity index (χ2n) is 6.55. The van der Waals surface area contributed by atoms with Gasteiger partial charge in [0.25, 0.3) is 5.91 Å². The highest BCUT2D eigenvalue weighted by Crippen LogP contribution is 2.40. The van der Waals surface area contributed by atoms with E-state index in [9.17, 15) is 15.0 Å². The van der Waals surface area contributed by atoms with E-state index >= 15 is 0 Å². The van der Waals surface area contributed by atoms with E-state index in [1.165, 1.54) is 11.1 Å². The molecule has 1 heterocycles. The van der Waals surface area contributed by atoms with Crippen LogP contribution in [-0.4, -0.2) is 40.4 Å². The molecule has 5 nitrogen and oxygen atoms in total. The first kappa shape index (κ1) is 15.1. The smallest absolute Gasteiger partial charge is 0.267 e. The van der Waals surface area contributed by atoms with E-state index in [1.54, 1.807) is 0 Å². The second-order valence-corrected chi connectivity index (χ2v) is 6.55. The maximum atomic E-state index is 12.3. The number of rotatable bonds is 4. The van der Waals surface area contributed by atoms with Gasteiger partial charge in [0, 0.05) is 22.4 Å². The number of hydrogen-bond acceptors (Lipinski definition) is 3. The fourth-order valence-electron chi connectivity index (χ4n) is 3.24. The Morgan fingerprint density at radius 1 is 1.32 bits per heavy atom. The molecule has 1 aliphatic carbocycles. The zero-order valence-electron chi connectivity index (χ0n) is 12.9. The number of hydrogen-bond donors (Lipinski definition) is 4. The van der Waals surface area contributed by atoms with E-state index in [-0.39, 0.29) is 25.2 Å². The number of aromatic amines is 1. The number of carbonyl (C=O) groups is 1. The molecule has 1 amide bonds. The lowest BCUT2D eigenvalue weighted by Gasteiger charge is -2.45. The molecule has 0 unspecified atom stereocenters. The minimum Gasteiger partial charge on any atom is -0.396 e. The van der Waals surface area contributed by atoms with Gasteiger partial charge in [-0.2, -0.15) is 0 Å². The Kier molecular flexibility index (Phi) is 3.70. The molecule has 4 N–H and O–H groups in total. The number of benzene rings is 1. The van der Waals surface area contributed by atoms with E-state index in [0.717, 1.165) is 10.9 Å². The van der Waals surface area contributed by atoms with Gasteiger partial charge in [0.2, 0.25) is 0 Å². The van der Waals surface area contributed by atoms with Gasteiger partial charge >= 0.3 is 0 Å². The third-order valence-electron chi connectivity index (χ3n) is 4.95. The molecule has 1 aromatic carbocycles. The first-order valence-electron chi connectivity index (χ1n) is 7.59. The number of nitrogens with one attached hydrogen (secondary N) is 2. The number of carbonyl (C=O) groups excluding carboxylic acids is 1. The summed E-state index contributed by atoms with van der Waals surface area (Å²) in [5.41, 5.74) is 3.46. The number of amides is 1. The maximum absolute atomic E-state index is 12.3. The summed E-state index contributed by atoms with van der Waals surface area (Å²) in [7, 11) is 0. The van der Waals surface area contributed by atoms with E-state index < -0.39 is 5.41 Å². The summed E-state index contributed by atoms with van der Waals surface area (Å²) < 4.78 is 0. The van der Waals surface area contributed by atoms with Crippen LogP contribution in [0.4, 0.5) is 0 Å². The van der Waals surface area contributed by atoms with Crippen LogP contribution < -0.4 is 5.32 Å². The number of aliphatic hydroxyl groups excluding tert-OH is 2. The first-order valence-corrected chi connectivity index (χ1v) is 7.59. The van der Waals surface area contributed by atoms with E-state index in [2.05, 4.69) is 24.1 Å². The summed E-state index contributed by atoms with van der Waals surface area (Å²) in [6.07, 6.45) is 1.23. The van der Waals surface area contributed by atoms with Crippen LogP contribution in [0.2, 0.25) is 0 Å². The quantitative estimate of drug-likeness (QED) is 0.693. The molecule has 22 heavy (non-hydrogen) atoms. The average molecular weight is 302 g/mol. The molecule has 5 heteroatoms. The Labute approximate surface area is 129 Å². The number of H-pyrrole nitrogens is 1. The highest BCUT2D eigenvalue weighted by Gasteiger charge is 2.44. The monoisotopic (exact) mass is 302 g/mol. The van der Waals surface area contributed by atoms with Gasteiger partial charge in [-0.1, -0.05) is 6.07 Å². The van der Waals surface area contributed by atoms with Crippen LogP contribution >= 0.6 is 0 Å². The number of aliphatic hydroxyl groups is 2. The van der Waals surface area contributed by atoms with Gasteiger partial charge in [-0.3, -0.25) is 4.79 Å². The lowest BCUT2D eigenvalue weighted by molar-refractivity contribution is -0.0300. The topological polar surface area (TPSA) is 85.4 Å². The maximum Gasteiger partial charge on any atom is 0.267 e. The highest BCUT2D eigenvalue weighted by atomic mass is 16.3. The molecular formula is C17H22N2O3. The van der Waals surface area contributed by atoms with Crippen LogP contribution in [0, 0.1) is 19.3 Å². The van der Waals surface area contributed by atoms with Gasteiger partial charge in [-0.15, -0.1) is 0 Å². The second kappa shape index (κ2) is 5.41. The van der Waals surface area contributed by atoms with Gasteiger partial charge in [0.05, 0.1) is 13.2 Å². The predicted octanol–water partition coefficient (Wildman–Crippen LogP) is 1.65. The Hall–Kier alpha value is -1.85. The van der Waals surface area contributed by atoms with Crippen molar-refractivity contribution in [2.75, 3.05) is 13.2 Å². The Morgan fingerprint density at radius 2 is 2.00 bits per heavy atom. The third kappa shape index (κ3) is 2.40. The molecule has 1 saturated carbocycles. The molecule has 0 spiro atoms. The van der Waals surface area contributed by atoms with Crippen molar-refractivity contribution in [1.29, 1.82) is 0 Å². The minimum atomic E-state index is -0.425. The van der Waals surface area contributed by atoms with Gasteiger partial charge < -0.3 is 20.5 Å². The standard InChI is InChI=1S/C17H22N2O3/c1-10-3-4-14-13(11(10)2)5-15(19-14)16(22)18-12-6-17(7-12,8-20)9-21/h3-5,12,19-21H,6-9H2,1-2H3,(H,18,22). The number of aryl methyl sites for hydroxylation is 2. The molecular weight excluding hydrogens is 280 g/mol. The molecule has 0 atom stereocenters. The van der Waals surface area contributed by atoms with Crippen LogP contribution in [0.5, 0.6) is 0 Å². The Balaban J connectivity index is 1.73. The average Bonchev–Trinajstić information content (AvgIpc) is 2.91. The molecule has 0 saturated heterocycles. The Morgan fingerprint density at radius 3 is 2.64 bits per heavy atom. The fourth-order valence-corrected chi connectivity index (χ4v) is 3.24. The van der Waals surface area contributed by atoms with Crippen molar-refractivity contribution in [3.05, 3.63) is 35.0 Å². The van der Waals surface area contributed by atoms with Crippen LogP contribution in [0.25, 0.3) is 10.9 Å². The van der Waals surface area contributed by atoms with Gasteiger partial charge in [-0.05, 0) is 49.9 Å². The van der Waals surface area contributed by atoms with Gasteiger partial charge in [0.15, 0.2) is 0 Å². The lowest BCUT2D eigenvalue weighted by Crippen LogP contribution is -2.54. The molecule has 3 rings (SSSR count). The van der Waals surface area contributed by atoms with E-state index in [1.807, 2.05) is 18.2 Å². The summed E-state index contributed by atoms with van der Waals surface area (Å²) in [5.74, 6) is -0.136. The summed E-state index contributed by atoms with van der Waals surface area (Å²) in [6.45, 7) is 4.02. The van der Waals surface area contributed by atoms with Crippen molar-refractivity contribution in [2.24, 2.45) is 5.41 Å². The predicted molar refractivity (Wildman–Crippen MR) is 84.9 cm³/mol. The van der Waals surface area contributed by atoms with Crippen molar-refractivity contribution in [1.82, 2.24) is 10.3 Å². The van der Waals surface area contributed by atoms with Crippen molar-refractivity contribution in [2.45, 2.75) is 32.7 Å². The zero-order valence-corrected chi connectivity index (χ0v) is 12.9. The Bertz CT molecular complexity index is 708. The molecule has 1 aliphatic rings. The van der Waals surface area contributed by atoms with Crippen molar-refractivity contribution < 1.29 is 15.0 Å². The van der Waals surface area contributed by atoms with Crippen molar-refractivity contribution >= 4 is 16.8 Å². The van der Waals surface area contributed by atoms with Crippen molar-refractivity contribution in [3.63, 3.8) is 0 Å². The molecule has 0 aliphatic heterocycles. The van der Waals surface area contributed by atoms with Crippen LogP contribution in [0.1, 0.15) is 34.5 Å². The van der Waals surface area contributed by atoms with Gasteiger partial charge in [0.1, 0.15) is 5.69 Å². The zero-order chi connectivity index (χ0) is 15.9. The molecule has 1 fully saturated rings. The van der Waals surface area contributed by atoms with Crippen molar-refractivity contribution in [3.8, 4) is 0 Å². The fraction of sp³-hybridized carbons (Fsp3) is 0.471. The molecule has 0 bridgehead atoms. The minimum absolute atomic E-state index is 0.0149. The van der Waals surface area contributed by atoms with E-state index in [0.29, 0.717) is 18.5 Å². The largest absolute Gasteiger partial charge is 0.396 e. The summed E-state index contributed by atoms with van der Waals surface area (Å²) in [4.78, 5) is 15.5. The SMILES string of the molecule is Cc1ccc2[nH]c(C(=O)NC3CC(CO)(CO)C3)cc2c1C. The van der Waals surface area contributed by atoms with Crippen LogP contribution in [0.15, 0.2) is 18.2 Å². The molecule has 0 radical (unpaired) electrons. The third-order valence-corrected chi connectivity index (χ3v) is 4.95. The number of aromatic nitrogens is 1. The highest BCUT2D eigenvalue weighted by molar-refractivity contribution is 5.99. The molecule has 2 aromatic rings. The van der Waals surface area contributed by atoms with Crippen LogP contribution in [0.3, 0.4) is 0 Å². The normalized spacial score (nSPS) is 17.5. The lowest BCUT2D eigenvalue weighted by atomic mass is 9.66. The van der Waals surface area contributed by atoms with Gasteiger partial charge in [-0.25, -0.2) is 0 Å². The molecule has 118 valence electrons. The molecule has 1 aromatic heterocycles. The number of fused-ring (bicyclic) bond motifs is 1. The van der Waals surface area contributed by atoms with E-state index in [4.69, 9.17) is 0 Å². The summed E-state index contributed by atoms with van der Waals surface area (Å²) in [5, 5.41) is 22.6. The first-order chi connectivity index (χ1) is 10.5.